The minimum Gasteiger partial charge on any atom is -0.494 e. The molecule has 3 rings (SSSR count). The molecular weight excluding hydrogens is 376 g/mol. The summed E-state index contributed by atoms with van der Waals surface area (Å²) in [6, 6.07) is 16.7. The summed E-state index contributed by atoms with van der Waals surface area (Å²) in [6.45, 7) is 3.00. The molecule has 0 aliphatic carbocycles. The largest absolute Gasteiger partial charge is 0.494 e. The Morgan fingerprint density at radius 2 is 1.89 bits per heavy atom. The minimum absolute atomic E-state index is 0.134. The van der Waals surface area contributed by atoms with Crippen molar-refractivity contribution in [1.82, 2.24) is 5.01 Å². The van der Waals surface area contributed by atoms with Crippen molar-refractivity contribution in [2.24, 2.45) is 10.1 Å². The van der Waals surface area contributed by atoms with Crippen molar-refractivity contribution < 1.29 is 14.3 Å². The van der Waals surface area contributed by atoms with Gasteiger partial charge in [0.1, 0.15) is 18.0 Å². The molecule has 0 spiro atoms. The van der Waals surface area contributed by atoms with Crippen molar-refractivity contribution in [3.63, 3.8) is 0 Å². The van der Waals surface area contributed by atoms with Crippen LogP contribution in [0.2, 0.25) is 0 Å². The highest BCUT2D eigenvalue weighted by molar-refractivity contribution is 8.14. The van der Waals surface area contributed by atoms with Gasteiger partial charge in [-0.2, -0.15) is 4.99 Å². The van der Waals surface area contributed by atoms with E-state index in [2.05, 4.69) is 15.4 Å². The van der Waals surface area contributed by atoms with Crippen molar-refractivity contribution in [2.45, 2.75) is 6.92 Å². The van der Waals surface area contributed by atoms with Crippen molar-refractivity contribution in [3.05, 3.63) is 54.6 Å². The highest BCUT2D eigenvalue weighted by atomic mass is 32.2. The molecule has 0 fully saturated rings. The van der Waals surface area contributed by atoms with Crippen LogP contribution in [-0.4, -0.2) is 47.9 Å². The number of thioether (sulfide) groups is 1. The Morgan fingerprint density at radius 1 is 1.14 bits per heavy atom. The Bertz CT molecular complexity index is 854. The number of anilines is 1. The van der Waals surface area contributed by atoms with E-state index in [1.165, 1.54) is 11.8 Å². The number of likely N-dealkylation sites (N-methyl/N-ethyl adjacent to an activating group) is 1. The van der Waals surface area contributed by atoms with Crippen molar-refractivity contribution in [2.75, 3.05) is 31.3 Å². The van der Waals surface area contributed by atoms with Crippen LogP contribution in [0.3, 0.4) is 0 Å². The van der Waals surface area contributed by atoms with Gasteiger partial charge in [0.2, 0.25) is 17.0 Å². The fourth-order valence-corrected chi connectivity index (χ4v) is 3.11. The van der Waals surface area contributed by atoms with Crippen LogP contribution >= 0.6 is 11.8 Å². The number of aliphatic imine (C=N–C) groups is 1. The first-order chi connectivity index (χ1) is 13.6. The van der Waals surface area contributed by atoms with Crippen LogP contribution in [0.4, 0.5) is 5.69 Å². The van der Waals surface area contributed by atoms with E-state index in [-0.39, 0.29) is 11.7 Å². The Kier molecular flexibility index (Phi) is 6.91. The number of hydrazone groups is 1. The van der Waals surface area contributed by atoms with Gasteiger partial charge in [0.15, 0.2) is 0 Å². The number of carbonyl (C=O) groups excluding carboxylic acids is 1. The van der Waals surface area contributed by atoms with Gasteiger partial charge in [0, 0.05) is 12.7 Å². The standard InChI is InChI=1S/C20H22N4O3S/c1-3-26-16-11-9-15(10-12-16)21-18(25)14-28-20-22-19(13-24(2)23-20)27-17-7-5-4-6-8-17/h4-12H,3,13-14H2,1-2H3,(H,21,25). The van der Waals surface area contributed by atoms with E-state index in [9.17, 15) is 4.79 Å². The van der Waals surface area contributed by atoms with Crippen molar-refractivity contribution in [1.29, 1.82) is 0 Å². The predicted octanol–water partition coefficient (Wildman–Crippen LogP) is 3.45. The maximum absolute atomic E-state index is 12.2. The number of nitrogens with zero attached hydrogens (tertiary/aromatic N) is 3. The van der Waals surface area contributed by atoms with Gasteiger partial charge in [-0.25, -0.2) is 0 Å². The van der Waals surface area contributed by atoms with Gasteiger partial charge in [0.05, 0.1) is 12.4 Å². The zero-order valence-corrected chi connectivity index (χ0v) is 16.6. The van der Waals surface area contributed by atoms with Crippen molar-refractivity contribution >= 4 is 34.4 Å². The van der Waals surface area contributed by atoms with E-state index in [1.807, 2.05) is 68.6 Å². The number of para-hydroxylation sites is 1. The van der Waals surface area contributed by atoms with Crippen LogP contribution in [0.25, 0.3) is 0 Å². The predicted molar refractivity (Wildman–Crippen MR) is 113 cm³/mol. The third-order valence-corrected chi connectivity index (χ3v) is 4.44. The lowest BCUT2D eigenvalue weighted by atomic mass is 10.3. The van der Waals surface area contributed by atoms with Gasteiger partial charge in [0.25, 0.3) is 0 Å². The minimum atomic E-state index is -0.134. The second kappa shape index (κ2) is 9.80. The molecule has 0 atom stereocenters. The van der Waals surface area contributed by atoms with Gasteiger partial charge >= 0.3 is 0 Å². The molecule has 0 bridgehead atoms. The molecule has 1 amide bonds. The summed E-state index contributed by atoms with van der Waals surface area (Å²) in [5, 5.41) is 9.41. The Hall–Kier alpha value is -3.00. The molecule has 146 valence electrons. The van der Waals surface area contributed by atoms with E-state index in [0.29, 0.717) is 35.7 Å². The Labute approximate surface area is 168 Å². The Balaban J connectivity index is 1.53. The van der Waals surface area contributed by atoms with Gasteiger partial charge in [-0.05, 0) is 43.3 Å². The van der Waals surface area contributed by atoms with Crippen LogP contribution in [0.5, 0.6) is 11.5 Å². The number of nitrogens with one attached hydrogen (secondary N) is 1. The second-order valence-electron chi connectivity index (χ2n) is 5.91. The molecule has 1 N–H and O–H groups in total. The lowest BCUT2D eigenvalue weighted by Gasteiger charge is -2.20. The fraction of sp³-hybridized carbons (Fsp3) is 0.250. The summed E-state index contributed by atoms with van der Waals surface area (Å²) >= 11 is 1.26. The second-order valence-corrected chi connectivity index (χ2v) is 6.86. The number of rotatable bonds is 6. The zero-order valence-electron chi connectivity index (χ0n) is 15.8. The first kappa shape index (κ1) is 19.8. The molecule has 28 heavy (non-hydrogen) atoms. The maximum Gasteiger partial charge on any atom is 0.234 e. The SMILES string of the molecule is CCOc1ccc(NC(=O)CSC2=NN(C)CC(Oc3ccccc3)=N2)cc1. The quantitative estimate of drug-likeness (QED) is 0.807. The molecule has 0 radical (unpaired) electrons. The number of amides is 1. The van der Waals surface area contributed by atoms with E-state index in [1.54, 1.807) is 5.01 Å². The molecule has 0 unspecified atom stereocenters. The van der Waals surface area contributed by atoms with E-state index < -0.39 is 0 Å². The van der Waals surface area contributed by atoms with Gasteiger partial charge in [-0.15, -0.1) is 5.10 Å². The molecule has 7 nitrogen and oxygen atoms in total. The average Bonchev–Trinajstić information content (AvgIpc) is 2.69. The molecule has 1 aliphatic rings. The number of ether oxygens (including phenoxy) is 2. The van der Waals surface area contributed by atoms with Crippen LogP contribution in [-0.2, 0) is 4.79 Å². The normalized spacial score (nSPS) is 13.4. The molecule has 2 aromatic carbocycles. The van der Waals surface area contributed by atoms with E-state index in [4.69, 9.17) is 9.47 Å². The summed E-state index contributed by atoms with van der Waals surface area (Å²) in [5.41, 5.74) is 0.716. The van der Waals surface area contributed by atoms with Crippen molar-refractivity contribution in [3.8, 4) is 11.5 Å². The summed E-state index contributed by atoms with van der Waals surface area (Å²) in [6.07, 6.45) is 0. The van der Waals surface area contributed by atoms with Crippen LogP contribution in [0.1, 0.15) is 6.92 Å². The third-order valence-electron chi connectivity index (χ3n) is 3.60. The van der Waals surface area contributed by atoms with E-state index in [0.717, 1.165) is 5.75 Å². The highest BCUT2D eigenvalue weighted by Crippen LogP contribution is 2.17. The lowest BCUT2D eigenvalue weighted by Crippen LogP contribution is -2.31. The highest BCUT2D eigenvalue weighted by Gasteiger charge is 2.16. The third kappa shape index (κ3) is 6.02. The number of hydrogen-bond acceptors (Lipinski definition) is 7. The molecule has 2 aromatic rings. The monoisotopic (exact) mass is 398 g/mol. The number of hydrogen-bond donors (Lipinski definition) is 1. The van der Waals surface area contributed by atoms with Gasteiger partial charge in [-0.1, -0.05) is 30.0 Å². The first-order valence-electron chi connectivity index (χ1n) is 8.88. The molecule has 0 saturated heterocycles. The summed E-state index contributed by atoms with van der Waals surface area (Å²) < 4.78 is 11.2. The number of benzene rings is 2. The number of amidine groups is 1. The lowest BCUT2D eigenvalue weighted by molar-refractivity contribution is -0.113. The summed E-state index contributed by atoms with van der Waals surface area (Å²) in [7, 11) is 1.84. The smallest absolute Gasteiger partial charge is 0.234 e. The van der Waals surface area contributed by atoms with Crippen LogP contribution in [0.15, 0.2) is 64.7 Å². The molecular formula is C20H22N4O3S. The molecule has 8 heteroatoms. The van der Waals surface area contributed by atoms with Crippen LogP contribution < -0.4 is 14.8 Å². The zero-order chi connectivity index (χ0) is 19.8. The molecule has 1 aliphatic heterocycles. The summed E-state index contributed by atoms with van der Waals surface area (Å²) in [4.78, 5) is 16.6. The number of carbonyl (C=O) groups is 1. The van der Waals surface area contributed by atoms with Gasteiger partial charge < -0.3 is 14.8 Å². The molecule has 1 heterocycles. The molecule has 0 saturated carbocycles. The fourth-order valence-electron chi connectivity index (χ4n) is 2.41. The first-order valence-corrected chi connectivity index (χ1v) is 9.86. The Morgan fingerprint density at radius 3 is 2.61 bits per heavy atom. The topological polar surface area (TPSA) is 75.5 Å². The summed E-state index contributed by atoms with van der Waals surface area (Å²) in [5.74, 6) is 2.09. The maximum atomic E-state index is 12.2. The van der Waals surface area contributed by atoms with Gasteiger partial charge in [-0.3, -0.25) is 9.80 Å². The molecule has 0 aromatic heterocycles. The van der Waals surface area contributed by atoms with E-state index >= 15 is 0 Å². The van der Waals surface area contributed by atoms with Crippen LogP contribution in [0, 0.1) is 0 Å². The average molecular weight is 398 g/mol.